The minimum absolute atomic E-state index is 0.0488. The number of nitrogens with zero attached hydrogens (tertiary/aromatic N) is 2. The number of likely N-dealkylation sites (tertiary alicyclic amines) is 2. The van der Waals surface area contributed by atoms with Crippen molar-refractivity contribution in [3.8, 4) is 0 Å². The predicted molar refractivity (Wildman–Crippen MR) is 142 cm³/mol. The van der Waals surface area contributed by atoms with Crippen LogP contribution < -0.4 is 0 Å². The second-order valence-corrected chi connectivity index (χ2v) is 11.9. The van der Waals surface area contributed by atoms with Crippen molar-refractivity contribution < 1.29 is 33.7 Å². The Balaban J connectivity index is 1.22. The summed E-state index contributed by atoms with van der Waals surface area (Å²) < 4.78 is 16.6. The highest BCUT2D eigenvalue weighted by molar-refractivity contribution is 6.03. The highest BCUT2D eigenvalue weighted by Gasteiger charge is 2.38. The number of hydrogen-bond donors (Lipinski definition) is 1. The molecular formula is C29H42N2O7. The molecule has 1 saturated carbocycles. The zero-order chi connectivity index (χ0) is 27.6. The van der Waals surface area contributed by atoms with E-state index in [4.69, 9.17) is 14.2 Å². The molecule has 1 aliphatic carbocycles. The number of carboxylic acid groups (broad SMARTS) is 1. The molecule has 2 aliphatic heterocycles. The third-order valence-corrected chi connectivity index (χ3v) is 8.16. The number of benzene rings is 1. The molecule has 9 nitrogen and oxygen atoms in total. The van der Waals surface area contributed by atoms with Crippen LogP contribution in [0.4, 0.5) is 4.79 Å². The second-order valence-electron chi connectivity index (χ2n) is 11.9. The highest BCUT2D eigenvalue weighted by Crippen LogP contribution is 2.37. The third kappa shape index (κ3) is 6.49. The van der Waals surface area contributed by atoms with Crippen molar-refractivity contribution in [3.05, 3.63) is 34.4 Å². The van der Waals surface area contributed by atoms with Gasteiger partial charge in [-0.05, 0) is 102 Å². The number of carbonyl (C=O) groups is 3. The van der Waals surface area contributed by atoms with Crippen molar-refractivity contribution in [1.29, 1.82) is 0 Å². The average molecular weight is 531 g/mol. The van der Waals surface area contributed by atoms with Gasteiger partial charge < -0.3 is 29.1 Å². The van der Waals surface area contributed by atoms with Crippen molar-refractivity contribution in [2.75, 3.05) is 33.3 Å². The SMILES string of the molecule is COC(=O)c1ccc(C2CCN(C3CC(OC4CCN(C(=O)OC(C)(C)C)CC4)C3)CC2)c(C)c1C(=O)O. The summed E-state index contributed by atoms with van der Waals surface area (Å²) in [6.07, 6.45) is 5.92. The minimum atomic E-state index is -1.10. The van der Waals surface area contributed by atoms with Crippen LogP contribution in [-0.4, -0.2) is 90.1 Å². The average Bonchev–Trinajstić information content (AvgIpc) is 2.84. The summed E-state index contributed by atoms with van der Waals surface area (Å²) in [5.41, 5.74) is 1.35. The molecule has 3 aliphatic rings. The number of methoxy groups -OCH3 is 1. The van der Waals surface area contributed by atoms with Gasteiger partial charge in [0.15, 0.2) is 0 Å². The quantitative estimate of drug-likeness (QED) is 0.532. The molecule has 9 heteroatoms. The van der Waals surface area contributed by atoms with Gasteiger partial charge in [-0.25, -0.2) is 14.4 Å². The van der Waals surface area contributed by atoms with Crippen LogP contribution in [0.15, 0.2) is 12.1 Å². The van der Waals surface area contributed by atoms with E-state index in [0.717, 1.165) is 57.2 Å². The normalized spacial score (nSPS) is 23.6. The number of aromatic carboxylic acids is 1. The van der Waals surface area contributed by atoms with Crippen LogP contribution in [0.25, 0.3) is 0 Å². The molecule has 0 spiro atoms. The maximum Gasteiger partial charge on any atom is 0.410 e. The first-order valence-electron chi connectivity index (χ1n) is 13.8. The zero-order valence-corrected chi connectivity index (χ0v) is 23.3. The van der Waals surface area contributed by atoms with Gasteiger partial charge in [-0.1, -0.05) is 6.07 Å². The van der Waals surface area contributed by atoms with E-state index in [2.05, 4.69) is 4.90 Å². The number of amides is 1. The number of ether oxygens (including phenoxy) is 3. The molecule has 1 aromatic carbocycles. The Labute approximate surface area is 225 Å². The van der Waals surface area contributed by atoms with Gasteiger partial charge in [-0.3, -0.25) is 0 Å². The Hall–Kier alpha value is -2.65. The standard InChI is InChI=1S/C29H42N2O7/c1-18-23(6-7-24(27(34)36-5)25(18)26(32)33)19-8-12-30(13-9-19)20-16-22(17-20)37-21-10-14-31(15-11-21)28(35)38-29(2,3)4/h6-7,19-22H,8-17H2,1-5H3,(H,32,33). The predicted octanol–water partition coefficient (Wildman–Crippen LogP) is 4.61. The van der Waals surface area contributed by atoms with E-state index < -0.39 is 17.5 Å². The molecule has 0 bridgehead atoms. The molecule has 0 radical (unpaired) electrons. The lowest BCUT2D eigenvalue weighted by atomic mass is 9.81. The van der Waals surface area contributed by atoms with Crippen molar-refractivity contribution in [3.63, 3.8) is 0 Å². The summed E-state index contributed by atoms with van der Waals surface area (Å²) in [6.45, 7) is 10.7. The highest BCUT2D eigenvalue weighted by atomic mass is 16.6. The van der Waals surface area contributed by atoms with E-state index in [1.165, 1.54) is 7.11 Å². The number of hydrogen-bond acceptors (Lipinski definition) is 7. The number of esters is 1. The van der Waals surface area contributed by atoms with Crippen molar-refractivity contribution in [1.82, 2.24) is 9.80 Å². The lowest BCUT2D eigenvalue weighted by Crippen LogP contribution is -2.52. The van der Waals surface area contributed by atoms with Crippen LogP contribution in [0.1, 0.15) is 97.1 Å². The molecule has 4 rings (SSSR count). The summed E-state index contributed by atoms with van der Waals surface area (Å²) in [5.74, 6) is -1.45. The fraction of sp³-hybridized carbons (Fsp3) is 0.690. The topological polar surface area (TPSA) is 106 Å². The zero-order valence-electron chi connectivity index (χ0n) is 23.3. The van der Waals surface area contributed by atoms with Gasteiger partial charge in [0.25, 0.3) is 0 Å². The first-order valence-corrected chi connectivity index (χ1v) is 13.8. The van der Waals surface area contributed by atoms with Crippen LogP contribution in [0.5, 0.6) is 0 Å². The Morgan fingerprint density at radius 3 is 2.13 bits per heavy atom. The van der Waals surface area contributed by atoms with Gasteiger partial charge in [0, 0.05) is 19.1 Å². The molecule has 0 aromatic heterocycles. The van der Waals surface area contributed by atoms with Gasteiger partial charge in [0.05, 0.1) is 30.4 Å². The Bertz CT molecular complexity index is 1030. The number of piperidine rings is 2. The first kappa shape index (κ1) is 28.4. The van der Waals surface area contributed by atoms with Crippen LogP contribution in [0.3, 0.4) is 0 Å². The van der Waals surface area contributed by atoms with E-state index in [1.807, 2.05) is 26.8 Å². The van der Waals surface area contributed by atoms with E-state index in [1.54, 1.807) is 17.9 Å². The van der Waals surface area contributed by atoms with Gasteiger partial charge >= 0.3 is 18.0 Å². The van der Waals surface area contributed by atoms with Crippen molar-refractivity contribution >= 4 is 18.0 Å². The summed E-state index contributed by atoms with van der Waals surface area (Å²) in [5, 5.41) is 9.74. The summed E-state index contributed by atoms with van der Waals surface area (Å²) in [6, 6.07) is 4.02. The fourth-order valence-electron chi connectivity index (χ4n) is 6.02. The molecule has 1 aromatic rings. The number of rotatable bonds is 6. The summed E-state index contributed by atoms with van der Waals surface area (Å²) in [7, 11) is 1.26. The lowest BCUT2D eigenvalue weighted by Gasteiger charge is -2.47. The third-order valence-electron chi connectivity index (χ3n) is 8.16. The van der Waals surface area contributed by atoms with Gasteiger partial charge in [0.2, 0.25) is 0 Å². The van der Waals surface area contributed by atoms with Gasteiger partial charge in [-0.15, -0.1) is 0 Å². The lowest BCUT2D eigenvalue weighted by molar-refractivity contribution is -0.105. The van der Waals surface area contributed by atoms with E-state index in [9.17, 15) is 19.5 Å². The fourth-order valence-corrected chi connectivity index (χ4v) is 6.02. The maximum absolute atomic E-state index is 12.3. The van der Waals surface area contributed by atoms with Crippen LogP contribution >= 0.6 is 0 Å². The monoisotopic (exact) mass is 530 g/mol. The summed E-state index contributed by atoms with van der Waals surface area (Å²) in [4.78, 5) is 40.6. The van der Waals surface area contributed by atoms with Gasteiger partial charge in [-0.2, -0.15) is 0 Å². The second kappa shape index (κ2) is 11.6. The van der Waals surface area contributed by atoms with Crippen LogP contribution in [-0.2, 0) is 14.2 Å². The number of carbonyl (C=O) groups excluding carboxylic acids is 2. The molecule has 2 heterocycles. The molecule has 1 N–H and O–H groups in total. The van der Waals surface area contributed by atoms with Crippen LogP contribution in [0, 0.1) is 6.92 Å². The van der Waals surface area contributed by atoms with E-state index in [0.29, 0.717) is 24.7 Å². The first-order chi connectivity index (χ1) is 18.0. The number of carboxylic acids is 1. The largest absolute Gasteiger partial charge is 0.478 e. The molecule has 2 saturated heterocycles. The Morgan fingerprint density at radius 1 is 0.947 bits per heavy atom. The van der Waals surface area contributed by atoms with E-state index >= 15 is 0 Å². The van der Waals surface area contributed by atoms with E-state index in [-0.39, 0.29) is 35.3 Å². The molecular weight excluding hydrogens is 488 g/mol. The molecule has 210 valence electrons. The van der Waals surface area contributed by atoms with Crippen molar-refractivity contribution in [2.45, 2.75) is 96.0 Å². The molecule has 38 heavy (non-hydrogen) atoms. The summed E-state index contributed by atoms with van der Waals surface area (Å²) >= 11 is 0. The Kier molecular flexibility index (Phi) is 8.67. The Morgan fingerprint density at radius 2 is 1.58 bits per heavy atom. The molecule has 1 amide bonds. The maximum atomic E-state index is 12.3. The molecule has 0 unspecified atom stereocenters. The molecule has 3 fully saturated rings. The van der Waals surface area contributed by atoms with Gasteiger partial charge in [0.1, 0.15) is 5.60 Å². The van der Waals surface area contributed by atoms with Crippen LogP contribution in [0.2, 0.25) is 0 Å². The molecule has 0 atom stereocenters. The van der Waals surface area contributed by atoms with Crippen molar-refractivity contribution in [2.24, 2.45) is 0 Å². The smallest absolute Gasteiger partial charge is 0.410 e. The minimum Gasteiger partial charge on any atom is -0.478 e.